The SMILES string of the molecule is CC.CC/C(C)=C(/N=C\C=C(/C)Cl)Nc1ccc(C#N)cc1. The molecule has 1 aromatic carbocycles. The summed E-state index contributed by atoms with van der Waals surface area (Å²) >= 11 is 5.77. The van der Waals surface area contributed by atoms with E-state index >= 15 is 0 Å². The maximum Gasteiger partial charge on any atom is 0.129 e. The highest BCUT2D eigenvalue weighted by Gasteiger charge is 2.00. The standard InChI is InChI=1S/C16H18ClN3.C2H6/c1-4-12(2)16(19-10-9-13(3)17)20-15-7-5-14(11-18)6-8-15;1-2/h5-10,20H,4H2,1-3H3;1-2H3/b13-9+,16-12-,19-10-;. The molecule has 0 unspecified atom stereocenters. The van der Waals surface area contributed by atoms with Gasteiger partial charge in [0.2, 0.25) is 0 Å². The van der Waals surface area contributed by atoms with E-state index in [-0.39, 0.29) is 0 Å². The van der Waals surface area contributed by atoms with Gasteiger partial charge in [-0.05, 0) is 56.2 Å². The molecule has 1 N–H and O–H groups in total. The van der Waals surface area contributed by atoms with Crippen LogP contribution in [0.2, 0.25) is 0 Å². The molecule has 118 valence electrons. The Hall–Kier alpha value is -2.05. The van der Waals surface area contributed by atoms with Crippen LogP contribution >= 0.6 is 11.6 Å². The quantitative estimate of drug-likeness (QED) is 0.692. The van der Waals surface area contributed by atoms with E-state index in [0.29, 0.717) is 10.6 Å². The predicted octanol–water partition coefficient (Wildman–Crippen LogP) is 5.85. The summed E-state index contributed by atoms with van der Waals surface area (Å²) in [7, 11) is 0. The average Bonchev–Trinajstić information content (AvgIpc) is 2.55. The molecular formula is C18H24ClN3. The van der Waals surface area contributed by atoms with Crippen molar-refractivity contribution in [2.45, 2.75) is 41.0 Å². The second kappa shape index (κ2) is 11.6. The summed E-state index contributed by atoms with van der Waals surface area (Å²) in [4.78, 5) is 4.39. The van der Waals surface area contributed by atoms with Crippen LogP contribution in [0.1, 0.15) is 46.6 Å². The zero-order chi connectivity index (χ0) is 17.0. The Morgan fingerprint density at radius 3 is 2.32 bits per heavy atom. The second-order valence-electron chi connectivity index (χ2n) is 4.33. The molecule has 0 aliphatic heterocycles. The molecule has 1 rings (SSSR count). The molecule has 0 amide bonds. The summed E-state index contributed by atoms with van der Waals surface area (Å²) in [6.07, 6.45) is 4.32. The first-order chi connectivity index (χ1) is 10.6. The Morgan fingerprint density at radius 1 is 1.27 bits per heavy atom. The average molecular weight is 318 g/mol. The number of aliphatic imine (C=N–C) groups is 1. The third kappa shape index (κ3) is 7.66. The third-order valence-corrected chi connectivity index (χ3v) is 2.85. The van der Waals surface area contributed by atoms with Gasteiger partial charge in [0.05, 0.1) is 11.6 Å². The summed E-state index contributed by atoms with van der Waals surface area (Å²) in [6.45, 7) is 9.91. The number of benzene rings is 1. The van der Waals surface area contributed by atoms with Gasteiger partial charge in [-0.1, -0.05) is 32.4 Å². The molecular weight excluding hydrogens is 294 g/mol. The number of rotatable bonds is 5. The fourth-order valence-corrected chi connectivity index (χ4v) is 1.45. The lowest BCUT2D eigenvalue weighted by Crippen LogP contribution is -2.00. The van der Waals surface area contributed by atoms with Crippen LogP contribution in [0.15, 0.2) is 51.8 Å². The van der Waals surface area contributed by atoms with Gasteiger partial charge in [0.1, 0.15) is 5.82 Å². The van der Waals surface area contributed by atoms with E-state index in [9.17, 15) is 0 Å². The summed E-state index contributed by atoms with van der Waals surface area (Å²) in [6, 6.07) is 9.36. The fourth-order valence-electron chi connectivity index (χ4n) is 1.40. The van der Waals surface area contributed by atoms with Crippen molar-refractivity contribution >= 4 is 23.5 Å². The number of nitrogens with zero attached hydrogens (tertiary/aromatic N) is 2. The molecule has 0 aliphatic carbocycles. The number of anilines is 1. The van der Waals surface area contributed by atoms with Crippen LogP contribution in [0.3, 0.4) is 0 Å². The molecule has 0 aromatic heterocycles. The van der Waals surface area contributed by atoms with Crippen molar-refractivity contribution in [1.29, 1.82) is 5.26 Å². The maximum absolute atomic E-state index is 8.78. The Bertz CT molecular complexity index is 571. The summed E-state index contributed by atoms with van der Waals surface area (Å²) in [5.74, 6) is 0.798. The molecule has 1 aromatic rings. The summed E-state index contributed by atoms with van der Waals surface area (Å²) in [5, 5.41) is 12.7. The normalized spacial score (nSPS) is 12.1. The van der Waals surface area contributed by atoms with E-state index in [2.05, 4.69) is 23.3 Å². The van der Waals surface area contributed by atoms with Crippen molar-refractivity contribution in [3.63, 3.8) is 0 Å². The molecule has 3 nitrogen and oxygen atoms in total. The molecule has 0 spiro atoms. The number of hydrogen-bond donors (Lipinski definition) is 1. The Morgan fingerprint density at radius 2 is 1.86 bits per heavy atom. The molecule has 0 radical (unpaired) electrons. The fraction of sp³-hybridized carbons (Fsp3) is 0.333. The zero-order valence-corrected chi connectivity index (χ0v) is 14.7. The van der Waals surface area contributed by atoms with Gasteiger partial charge in [-0.15, -0.1) is 0 Å². The molecule has 22 heavy (non-hydrogen) atoms. The van der Waals surface area contributed by atoms with Gasteiger partial charge in [0.15, 0.2) is 0 Å². The van der Waals surface area contributed by atoms with E-state index in [4.69, 9.17) is 16.9 Å². The maximum atomic E-state index is 8.78. The van der Waals surface area contributed by atoms with Gasteiger partial charge < -0.3 is 5.32 Å². The minimum atomic E-state index is 0.637. The summed E-state index contributed by atoms with van der Waals surface area (Å²) < 4.78 is 0. The van der Waals surface area contributed by atoms with Gasteiger partial charge in [0.25, 0.3) is 0 Å². The zero-order valence-electron chi connectivity index (χ0n) is 13.9. The largest absolute Gasteiger partial charge is 0.340 e. The molecule has 0 atom stereocenters. The van der Waals surface area contributed by atoms with Gasteiger partial charge in [-0.2, -0.15) is 5.26 Å². The van der Waals surface area contributed by atoms with Crippen LogP contribution in [0.5, 0.6) is 0 Å². The lowest BCUT2D eigenvalue weighted by molar-refractivity contribution is 1.04. The van der Waals surface area contributed by atoms with Crippen LogP contribution in [-0.2, 0) is 0 Å². The second-order valence-corrected chi connectivity index (χ2v) is 4.92. The van der Waals surface area contributed by atoms with Gasteiger partial charge >= 0.3 is 0 Å². The summed E-state index contributed by atoms with van der Waals surface area (Å²) in [5.41, 5.74) is 2.68. The molecule has 0 bridgehead atoms. The molecule has 0 saturated carbocycles. The van der Waals surface area contributed by atoms with E-state index in [1.165, 1.54) is 0 Å². The number of hydrogen-bond acceptors (Lipinski definition) is 3. The van der Waals surface area contributed by atoms with Crippen LogP contribution < -0.4 is 5.32 Å². The number of nitriles is 1. The van der Waals surface area contributed by atoms with E-state index in [1.807, 2.05) is 32.9 Å². The van der Waals surface area contributed by atoms with Gasteiger partial charge in [-0.3, -0.25) is 0 Å². The number of allylic oxidation sites excluding steroid dienone is 3. The highest BCUT2D eigenvalue weighted by Crippen LogP contribution is 2.16. The van der Waals surface area contributed by atoms with Crippen LogP contribution in [0, 0.1) is 11.3 Å². The lowest BCUT2D eigenvalue weighted by Gasteiger charge is -2.09. The molecule has 0 heterocycles. The van der Waals surface area contributed by atoms with Crippen LogP contribution in [0.25, 0.3) is 0 Å². The van der Waals surface area contributed by atoms with Crippen molar-refractivity contribution < 1.29 is 0 Å². The van der Waals surface area contributed by atoms with Crippen LogP contribution in [-0.4, -0.2) is 6.21 Å². The van der Waals surface area contributed by atoms with Crippen molar-refractivity contribution in [2.24, 2.45) is 4.99 Å². The highest BCUT2D eigenvalue weighted by atomic mass is 35.5. The first-order valence-corrected chi connectivity index (χ1v) is 7.78. The van der Waals surface area contributed by atoms with Crippen molar-refractivity contribution in [3.05, 3.63) is 52.3 Å². The predicted molar refractivity (Wildman–Crippen MR) is 97.2 cm³/mol. The molecule has 0 fully saturated rings. The smallest absolute Gasteiger partial charge is 0.129 e. The van der Waals surface area contributed by atoms with Gasteiger partial charge in [-0.25, -0.2) is 4.99 Å². The third-order valence-electron chi connectivity index (χ3n) is 2.72. The Labute approximate surface area is 139 Å². The topological polar surface area (TPSA) is 48.2 Å². The van der Waals surface area contributed by atoms with Gasteiger partial charge in [0, 0.05) is 16.9 Å². The number of nitrogens with one attached hydrogen (secondary N) is 1. The molecule has 0 aliphatic rings. The van der Waals surface area contributed by atoms with Crippen molar-refractivity contribution in [3.8, 4) is 6.07 Å². The van der Waals surface area contributed by atoms with E-state index in [1.54, 1.807) is 31.3 Å². The van der Waals surface area contributed by atoms with Crippen molar-refractivity contribution in [2.75, 3.05) is 5.32 Å². The minimum Gasteiger partial charge on any atom is -0.340 e. The Kier molecular flexibility index (Phi) is 10.5. The van der Waals surface area contributed by atoms with Crippen molar-refractivity contribution in [1.82, 2.24) is 0 Å². The highest BCUT2D eigenvalue weighted by molar-refractivity contribution is 6.30. The molecule has 4 heteroatoms. The van der Waals surface area contributed by atoms with Crippen LogP contribution in [0.4, 0.5) is 5.69 Å². The molecule has 0 saturated heterocycles. The first-order valence-electron chi connectivity index (χ1n) is 7.40. The monoisotopic (exact) mass is 317 g/mol. The number of halogens is 1. The van der Waals surface area contributed by atoms with E-state index in [0.717, 1.165) is 23.5 Å². The Balaban J connectivity index is 0.00000211. The first kappa shape index (κ1) is 19.9. The van der Waals surface area contributed by atoms with E-state index < -0.39 is 0 Å². The lowest BCUT2D eigenvalue weighted by atomic mass is 10.2. The minimum absolute atomic E-state index is 0.637.